The number of methoxy groups -OCH3 is 1. The van der Waals surface area contributed by atoms with Gasteiger partial charge in [0.15, 0.2) is 22.3 Å². The van der Waals surface area contributed by atoms with Crippen LogP contribution in [0.5, 0.6) is 11.5 Å². The number of nitrogens with zero attached hydrogens (tertiary/aromatic N) is 3. The lowest BCUT2D eigenvalue weighted by atomic mass is 10.0. The van der Waals surface area contributed by atoms with Crippen LogP contribution in [0.15, 0.2) is 47.8 Å². The molecule has 0 spiro atoms. The maximum atomic E-state index is 13.4. The maximum absolute atomic E-state index is 13.4. The van der Waals surface area contributed by atoms with E-state index in [4.69, 9.17) is 9.47 Å². The molecule has 40 heavy (non-hydrogen) atoms. The summed E-state index contributed by atoms with van der Waals surface area (Å²) < 4.78 is 15.8. The van der Waals surface area contributed by atoms with Gasteiger partial charge in [0.2, 0.25) is 12.3 Å². The monoisotopic (exact) mass is 567 g/mol. The minimum Gasteiger partial charge on any atom is -0.486 e. The Morgan fingerprint density at radius 1 is 1.07 bits per heavy atom. The average Bonchev–Trinajstić information content (AvgIpc) is 3.44. The highest BCUT2D eigenvalue weighted by molar-refractivity contribution is 7.14. The number of fused-ring (bicyclic) bond motifs is 1. The summed E-state index contributed by atoms with van der Waals surface area (Å²) >= 11 is 1.02. The number of hydrogen-bond donors (Lipinski definition) is 2. The molecule has 0 saturated carbocycles. The molecule has 1 aliphatic heterocycles. The molecule has 13 heteroatoms. The molecule has 2 N–H and O–H groups in total. The molecule has 1 unspecified atom stereocenters. The molecule has 210 valence electrons. The van der Waals surface area contributed by atoms with Gasteiger partial charge in [0.25, 0.3) is 0 Å². The number of amides is 4. The Balaban J connectivity index is 1.52. The highest BCUT2D eigenvalue weighted by Crippen LogP contribution is 2.30. The number of aromatic nitrogens is 1. The van der Waals surface area contributed by atoms with Gasteiger partial charge >= 0.3 is 12.0 Å². The summed E-state index contributed by atoms with van der Waals surface area (Å²) in [6.07, 6.45) is 0.365. The van der Waals surface area contributed by atoms with Crippen molar-refractivity contribution in [3.8, 4) is 11.5 Å². The fourth-order valence-corrected chi connectivity index (χ4v) is 4.60. The maximum Gasteiger partial charge on any atom is 0.357 e. The minimum absolute atomic E-state index is 0.0306. The van der Waals surface area contributed by atoms with E-state index in [1.54, 1.807) is 18.2 Å². The first-order valence-corrected chi connectivity index (χ1v) is 13.2. The number of anilines is 2. The molecule has 0 aliphatic carbocycles. The standard InChI is InChI=1S/C27H29N5O7S/c1-31(2)19-7-4-17(5-8-19)12-21(24(34)30-26-29-20(15-40-26)25(35)37-3)32(16-33)27(36)28-14-18-6-9-22-23(13-18)39-11-10-38-22/h4-9,13,15-16,21H,10-12,14H2,1-3H3,(H,28,36)(H,29,30,34). The topological polar surface area (TPSA) is 139 Å². The molecule has 2 aromatic carbocycles. The molecule has 0 bridgehead atoms. The third-order valence-electron chi connectivity index (χ3n) is 6.05. The Bertz CT molecular complexity index is 1380. The largest absolute Gasteiger partial charge is 0.486 e. The number of ether oxygens (including phenoxy) is 3. The second-order valence-electron chi connectivity index (χ2n) is 8.95. The second kappa shape index (κ2) is 12.9. The summed E-state index contributed by atoms with van der Waals surface area (Å²) in [6, 6.07) is 10.7. The summed E-state index contributed by atoms with van der Waals surface area (Å²) in [6.45, 7) is 0.971. The number of urea groups is 1. The molecular weight excluding hydrogens is 538 g/mol. The summed E-state index contributed by atoms with van der Waals surface area (Å²) in [5.74, 6) is -0.116. The average molecular weight is 568 g/mol. The minimum atomic E-state index is -1.21. The van der Waals surface area contributed by atoms with E-state index >= 15 is 0 Å². The van der Waals surface area contributed by atoms with Crippen molar-refractivity contribution in [1.82, 2.24) is 15.2 Å². The van der Waals surface area contributed by atoms with E-state index in [0.29, 0.717) is 31.1 Å². The van der Waals surface area contributed by atoms with Crippen molar-refractivity contribution in [2.24, 2.45) is 0 Å². The summed E-state index contributed by atoms with van der Waals surface area (Å²) in [5, 5.41) is 6.87. The zero-order valence-electron chi connectivity index (χ0n) is 22.2. The summed E-state index contributed by atoms with van der Waals surface area (Å²) in [5.41, 5.74) is 2.43. The molecule has 0 fully saturated rings. The first-order valence-electron chi connectivity index (χ1n) is 12.3. The second-order valence-corrected chi connectivity index (χ2v) is 9.81. The molecule has 4 rings (SSSR count). The summed E-state index contributed by atoms with van der Waals surface area (Å²) in [7, 11) is 5.03. The number of imide groups is 1. The van der Waals surface area contributed by atoms with Crippen molar-refractivity contribution in [2.45, 2.75) is 19.0 Å². The van der Waals surface area contributed by atoms with E-state index in [9.17, 15) is 19.2 Å². The van der Waals surface area contributed by atoms with Crippen LogP contribution in [0, 0.1) is 0 Å². The van der Waals surface area contributed by atoms with Gasteiger partial charge in [0.1, 0.15) is 19.3 Å². The van der Waals surface area contributed by atoms with Crippen LogP contribution in [0.2, 0.25) is 0 Å². The lowest BCUT2D eigenvalue weighted by Crippen LogP contribution is -2.51. The van der Waals surface area contributed by atoms with E-state index in [1.807, 2.05) is 43.3 Å². The van der Waals surface area contributed by atoms with Crippen LogP contribution in [0.1, 0.15) is 21.6 Å². The quantitative estimate of drug-likeness (QED) is 0.280. The zero-order valence-corrected chi connectivity index (χ0v) is 23.0. The molecule has 12 nitrogen and oxygen atoms in total. The van der Waals surface area contributed by atoms with Crippen molar-refractivity contribution in [3.63, 3.8) is 0 Å². The lowest BCUT2D eigenvalue weighted by Gasteiger charge is -2.26. The van der Waals surface area contributed by atoms with Gasteiger partial charge in [-0.3, -0.25) is 14.5 Å². The number of esters is 1. The Labute approximate surface area is 234 Å². The predicted octanol–water partition coefficient (Wildman–Crippen LogP) is 2.68. The highest BCUT2D eigenvalue weighted by Gasteiger charge is 2.31. The number of thiazole rings is 1. The molecule has 4 amide bonds. The number of hydrogen-bond acceptors (Lipinski definition) is 10. The molecular formula is C27H29N5O7S. The van der Waals surface area contributed by atoms with Gasteiger partial charge in [-0.1, -0.05) is 18.2 Å². The van der Waals surface area contributed by atoms with Crippen LogP contribution in [-0.2, 0) is 27.3 Å². The number of carbonyl (C=O) groups is 4. The number of rotatable bonds is 10. The fourth-order valence-electron chi connectivity index (χ4n) is 3.92. The van der Waals surface area contributed by atoms with Gasteiger partial charge in [0, 0.05) is 38.1 Å². The number of nitrogens with one attached hydrogen (secondary N) is 2. The van der Waals surface area contributed by atoms with Gasteiger partial charge < -0.3 is 29.7 Å². The Kier molecular flexibility index (Phi) is 9.17. The van der Waals surface area contributed by atoms with Gasteiger partial charge in [0.05, 0.1) is 7.11 Å². The lowest BCUT2D eigenvalue weighted by molar-refractivity contribution is -0.127. The smallest absolute Gasteiger partial charge is 0.357 e. The SMILES string of the molecule is COC(=O)c1csc(NC(=O)C(Cc2ccc(N(C)C)cc2)N(C=O)C(=O)NCc2ccc3c(c2)OCCO3)n1. The number of carbonyl (C=O) groups excluding carboxylic acids is 4. The molecule has 3 aromatic rings. The van der Waals surface area contributed by atoms with Crippen molar-refractivity contribution >= 4 is 46.5 Å². The van der Waals surface area contributed by atoms with Crippen LogP contribution in [0.3, 0.4) is 0 Å². The molecule has 1 atom stereocenters. The molecule has 1 aromatic heterocycles. The molecule has 2 heterocycles. The van der Waals surface area contributed by atoms with Crippen molar-refractivity contribution in [2.75, 3.05) is 44.6 Å². The molecule has 0 saturated heterocycles. The Morgan fingerprint density at radius 2 is 1.77 bits per heavy atom. The Morgan fingerprint density at radius 3 is 2.45 bits per heavy atom. The van der Waals surface area contributed by atoms with Gasteiger partial charge in [-0.25, -0.2) is 14.6 Å². The highest BCUT2D eigenvalue weighted by atomic mass is 32.1. The van der Waals surface area contributed by atoms with Crippen LogP contribution >= 0.6 is 11.3 Å². The van der Waals surface area contributed by atoms with E-state index in [0.717, 1.165) is 33.1 Å². The zero-order chi connectivity index (χ0) is 28.6. The molecule has 1 aliphatic rings. The van der Waals surface area contributed by atoms with Crippen LogP contribution < -0.4 is 25.0 Å². The normalized spacial score (nSPS) is 12.6. The van der Waals surface area contributed by atoms with Gasteiger partial charge in [-0.05, 0) is 35.4 Å². The first-order chi connectivity index (χ1) is 19.3. The molecule has 0 radical (unpaired) electrons. The van der Waals surface area contributed by atoms with Crippen LogP contribution in [0.25, 0.3) is 0 Å². The van der Waals surface area contributed by atoms with Crippen LogP contribution in [-0.4, -0.2) is 74.7 Å². The van der Waals surface area contributed by atoms with Crippen molar-refractivity contribution in [3.05, 3.63) is 64.7 Å². The van der Waals surface area contributed by atoms with Crippen LogP contribution in [0.4, 0.5) is 15.6 Å². The summed E-state index contributed by atoms with van der Waals surface area (Å²) in [4.78, 5) is 57.3. The van der Waals surface area contributed by atoms with Crippen molar-refractivity contribution < 1.29 is 33.4 Å². The van der Waals surface area contributed by atoms with Gasteiger partial charge in [-0.2, -0.15) is 0 Å². The van der Waals surface area contributed by atoms with E-state index in [-0.39, 0.29) is 23.8 Å². The van der Waals surface area contributed by atoms with Crippen molar-refractivity contribution in [1.29, 1.82) is 0 Å². The van der Waals surface area contributed by atoms with E-state index < -0.39 is 23.9 Å². The third-order valence-corrected chi connectivity index (χ3v) is 6.81. The number of benzene rings is 2. The predicted molar refractivity (Wildman–Crippen MR) is 148 cm³/mol. The first kappa shape index (κ1) is 28.4. The van der Waals surface area contributed by atoms with E-state index in [1.165, 1.54) is 12.5 Å². The fraction of sp³-hybridized carbons (Fsp3) is 0.296. The third kappa shape index (κ3) is 6.86. The van der Waals surface area contributed by atoms with E-state index in [2.05, 4.69) is 20.4 Å². The van der Waals surface area contributed by atoms with Gasteiger partial charge in [-0.15, -0.1) is 11.3 Å². The Hall–Kier alpha value is -4.65.